The van der Waals surface area contributed by atoms with Crippen molar-refractivity contribution in [3.63, 3.8) is 0 Å². The van der Waals surface area contributed by atoms with Gasteiger partial charge in [-0.3, -0.25) is 0 Å². The molecule has 2 nitrogen and oxygen atoms in total. The highest BCUT2D eigenvalue weighted by atomic mass is 19.1. The maximum Gasteiger partial charge on any atom is 0.343 e. The number of esters is 1. The summed E-state index contributed by atoms with van der Waals surface area (Å²) >= 11 is 0. The van der Waals surface area contributed by atoms with Crippen LogP contribution in [0.25, 0.3) is 0 Å². The molecular weight excluding hydrogens is 310 g/mol. The lowest BCUT2D eigenvalue weighted by Gasteiger charge is -2.06. The molecule has 0 radical (unpaired) electrons. The summed E-state index contributed by atoms with van der Waals surface area (Å²) in [5, 5.41) is 0. The van der Waals surface area contributed by atoms with Crippen LogP contribution in [0.3, 0.4) is 0 Å². The van der Waals surface area contributed by atoms with E-state index in [0.717, 1.165) is 30.5 Å². The molecule has 2 aromatic carbocycles. The van der Waals surface area contributed by atoms with Crippen molar-refractivity contribution in [1.82, 2.24) is 0 Å². The van der Waals surface area contributed by atoms with Crippen LogP contribution in [0.15, 0.2) is 42.5 Å². The average Bonchev–Trinajstić information content (AvgIpc) is 2.57. The Morgan fingerprint density at radius 1 is 0.958 bits per heavy atom. The smallest absolute Gasteiger partial charge is 0.343 e. The normalized spacial score (nSPS) is 10.6. The van der Waals surface area contributed by atoms with Crippen molar-refractivity contribution in [2.24, 2.45) is 0 Å². The van der Waals surface area contributed by atoms with E-state index < -0.39 is 17.6 Å². The minimum atomic E-state index is -0.896. The summed E-state index contributed by atoms with van der Waals surface area (Å²) in [7, 11) is 0. The molecule has 0 bridgehead atoms. The van der Waals surface area contributed by atoms with Crippen molar-refractivity contribution in [2.45, 2.75) is 45.4 Å². The summed E-state index contributed by atoms with van der Waals surface area (Å²) < 4.78 is 31.3. The Bertz CT molecular complexity index is 666. The van der Waals surface area contributed by atoms with Crippen LogP contribution in [-0.2, 0) is 6.42 Å². The number of benzene rings is 2. The molecule has 0 spiro atoms. The predicted octanol–water partition coefficient (Wildman–Crippen LogP) is 5.70. The Hall–Kier alpha value is -2.23. The Labute approximate surface area is 141 Å². The van der Waals surface area contributed by atoms with E-state index in [-0.39, 0.29) is 5.75 Å². The number of rotatable bonds is 8. The van der Waals surface area contributed by atoms with E-state index in [1.807, 2.05) is 12.1 Å². The quantitative estimate of drug-likeness (QED) is 0.352. The first-order valence-corrected chi connectivity index (χ1v) is 8.36. The fourth-order valence-electron chi connectivity index (χ4n) is 2.46. The molecule has 2 rings (SSSR count). The Morgan fingerprint density at radius 3 is 2.33 bits per heavy atom. The fourth-order valence-corrected chi connectivity index (χ4v) is 2.46. The number of carbonyl (C=O) groups is 1. The van der Waals surface area contributed by atoms with E-state index in [4.69, 9.17) is 4.74 Å². The van der Waals surface area contributed by atoms with Gasteiger partial charge < -0.3 is 4.74 Å². The molecule has 0 unspecified atom stereocenters. The molecule has 0 atom stereocenters. The second-order valence-electron chi connectivity index (χ2n) is 5.83. The Kier molecular flexibility index (Phi) is 6.91. The molecular formula is C20H22F2O2. The number of ether oxygens (including phenoxy) is 1. The van der Waals surface area contributed by atoms with Crippen molar-refractivity contribution in [2.75, 3.05) is 0 Å². The zero-order chi connectivity index (χ0) is 17.4. The minimum absolute atomic E-state index is 0.276. The van der Waals surface area contributed by atoms with Crippen molar-refractivity contribution >= 4 is 5.97 Å². The van der Waals surface area contributed by atoms with Gasteiger partial charge in [-0.25, -0.2) is 13.6 Å². The van der Waals surface area contributed by atoms with Crippen LogP contribution in [0.2, 0.25) is 0 Å². The second kappa shape index (κ2) is 9.16. The number of hydrogen-bond donors (Lipinski definition) is 0. The molecule has 0 saturated carbocycles. The van der Waals surface area contributed by atoms with E-state index in [2.05, 4.69) is 6.92 Å². The first-order valence-electron chi connectivity index (χ1n) is 8.36. The van der Waals surface area contributed by atoms with Gasteiger partial charge in [-0.1, -0.05) is 44.7 Å². The Morgan fingerprint density at radius 2 is 1.67 bits per heavy atom. The topological polar surface area (TPSA) is 26.3 Å². The number of aryl methyl sites for hydroxylation is 1. The number of carbonyl (C=O) groups excluding carboxylic acids is 1. The molecule has 0 heterocycles. The molecule has 0 saturated heterocycles. The van der Waals surface area contributed by atoms with E-state index in [1.54, 1.807) is 12.1 Å². The Balaban J connectivity index is 1.89. The molecule has 0 aromatic heterocycles. The predicted molar refractivity (Wildman–Crippen MR) is 90.2 cm³/mol. The highest BCUT2D eigenvalue weighted by Crippen LogP contribution is 2.19. The van der Waals surface area contributed by atoms with Gasteiger partial charge in [0.15, 0.2) is 11.6 Å². The summed E-state index contributed by atoms with van der Waals surface area (Å²) in [5.74, 6) is -2.54. The molecule has 2 aromatic rings. The van der Waals surface area contributed by atoms with Crippen molar-refractivity contribution in [3.05, 3.63) is 65.2 Å². The van der Waals surface area contributed by atoms with Crippen molar-refractivity contribution < 1.29 is 18.3 Å². The van der Waals surface area contributed by atoms with Gasteiger partial charge in [-0.15, -0.1) is 0 Å². The summed E-state index contributed by atoms with van der Waals surface area (Å²) in [6, 6.07) is 9.95. The summed E-state index contributed by atoms with van der Waals surface area (Å²) in [4.78, 5) is 12.0. The molecule has 0 aliphatic heterocycles. The largest absolute Gasteiger partial charge is 0.420 e. The van der Waals surface area contributed by atoms with E-state index >= 15 is 0 Å². The van der Waals surface area contributed by atoms with E-state index in [9.17, 15) is 13.6 Å². The summed E-state index contributed by atoms with van der Waals surface area (Å²) in [6.07, 6.45) is 7.07. The third-order valence-corrected chi connectivity index (χ3v) is 3.86. The lowest BCUT2D eigenvalue weighted by molar-refractivity contribution is 0.0727. The molecule has 0 aliphatic rings. The van der Waals surface area contributed by atoms with Gasteiger partial charge in [0, 0.05) is 6.07 Å². The van der Waals surface area contributed by atoms with Crippen LogP contribution in [0.5, 0.6) is 5.75 Å². The third kappa shape index (κ3) is 5.44. The lowest BCUT2D eigenvalue weighted by Crippen LogP contribution is -2.09. The molecule has 0 amide bonds. The zero-order valence-corrected chi connectivity index (χ0v) is 13.9. The molecule has 4 heteroatoms. The van der Waals surface area contributed by atoms with Crippen molar-refractivity contribution in [3.8, 4) is 5.75 Å². The number of unbranched alkanes of at least 4 members (excludes halogenated alkanes) is 4. The van der Waals surface area contributed by atoms with Gasteiger partial charge in [0.1, 0.15) is 5.82 Å². The van der Waals surface area contributed by atoms with Gasteiger partial charge in [0.05, 0.1) is 5.56 Å². The van der Waals surface area contributed by atoms with Crippen LogP contribution < -0.4 is 4.74 Å². The minimum Gasteiger partial charge on any atom is -0.420 e. The van der Waals surface area contributed by atoms with Crippen molar-refractivity contribution in [1.29, 1.82) is 0 Å². The maximum absolute atomic E-state index is 13.5. The molecule has 0 fully saturated rings. The number of hydrogen-bond acceptors (Lipinski definition) is 2. The monoisotopic (exact) mass is 332 g/mol. The van der Waals surface area contributed by atoms with E-state index in [1.165, 1.54) is 25.7 Å². The van der Waals surface area contributed by atoms with Gasteiger partial charge in [-0.2, -0.15) is 0 Å². The highest BCUT2D eigenvalue weighted by molar-refractivity contribution is 5.91. The van der Waals surface area contributed by atoms with Crippen LogP contribution in [0.1, 0.15) is 54.9 Å². The van der Waals surface area contributed by atoms with Gasteiger partial charge in [-0.05, 0) is 42.7 Å². The van der Waals surface area contributed by atoms with E-state index in [0.29, 0.717) is 11.6 Å². The maximum atomic E-state index is 13.5. The summed E-state index contributed by atoms with van der Waals surface area (Å²) in [5.41, 5.74) is 1.50. The van der Waals surface area contributed by atoms with Gasteiger partial charge in [0.25, 0.3) is 0 Å². The SMILES string of the molecule is CCCCCCCc1ccc(C(=O)Oc2ccc(F)cc2F)cc1. The van der Waals surface area contributed by atoms with Crippen LogP contribution in [0.4, 0.5) is 8.78 Å². The lowest BCUT2D eigenvalue weighted by atomic mass is 10.0. The molecule has 128 valence electrons. The fraction of sp³-hybridized carbons (Fsp3) is 0.350. The number of halogens is 2. The van der Waals surface area contributed by atoms with Gasteiger partial charge in [0.2, 0.25) is 0 Å². The van der Waals surface area contributed by atoms with Crippen LogP contribution in [0, 0.1) is 11.6 Å². The third-order valence-electron chi connectivity index (χ3n) is 3.86. The molecule has 24 heavy (non-hydrogen) atoms. The van der Waals surface area contributed by atoms with Gasteiger partial charge >= 0.3 is 5.97 Å². The molecule has 0 N–H and O–H groups in total. The standard InChI is InChI=1S/C20H22F2O2/c1-2-3-4-5-6-7-15-8-10-16(11-9-15)20(23)24-19-13-12-17(21)14-18(19)22/h8-14H,2-7H2,1H3. The van der Waals surface area contributed by atoms with Crippen LogP contribution in [-0.4, -0.2) is 5.97 Å². The highest BCUT2D eigenvalue weighted by Gasteiger charge is 2.12. The first kappa shape index (κ1) is 18.1. The molecule has 0 aliphatic carbocycles. The first-order chi connectivity index (χ1) is 11.6. The second-order valence-corrected chi connectivity index (χ2v) is 5.83. The summed E-state index contributed by atoms with van der Waals surface area (Å²) in [6.45, 7) is 2.19. The average molecular weight is 332 g/mol. The zero-order valence-electron chi connectivity index (χ0n) is 13.9. The van der Waals surface area contributed by atoms with Crippen LogP contribution >= 0.6 is 0 Å².